The van der Waals surface area contributed by atoms with Gasteiger partial charge in [-0.1, -0.05) is 13.8 Å². The molecule has 0 aliphatic heterocycles. The number of hydrogen-bond acceptors (Lipinski definition) is 3. The molecule has 0 amide bonds. The van der Waals surface area contributed by atoms with E-state index in [0.29, 0.717) is 24.0 Å². The average molecular weight is 224 g/mol. The molecule has 0 aliphatic rings. The van der Waals surface area contributed by atoms with E-state index in [1.54, 1.807) is 12.1 Å². The van der Waals surface area contributed by atoms with Gasteiger partial charge in [0.1, 0.15) is 17.1 Å². The van der Waals surface area contributed by atoms with Gasteiger partial charge in [-0.05, 0) is 18.1 Å². The van der Waals surface area contributed by atoms with Crippen LogP contribution in [-0.4, -0.2) is 24.8 Å². The fourth-order valence-corrected chi connectivity index (χ4v) is 1.18. The number of carboxylic acid groups (broad SMARTS) is 1. The van der Waals surface area contributed by atoms with Crippen molar-refractivity contribution in [2.45, 2.75) is 13.8 Å². The van der Waals surface area contributed by atoms with E-state index >= 15 is 0 Å². The van der Waals surface area contributed by atoms with Crippen LogP contribution in [0.2, 0.25) is 0 Å². The molecule has 1 aromatic rings. The van der Waals surface area contributed by atoms with E-state index in [-0.39, 0.29) is 5.56 Å². The third-order valence-corrected chi connectivity index (χ3v) is 1.99. The van der Waals surface area contributed by atoms with Crippen LogP contribution in [0.5, 0.6) is 11.5 Å². The van der Waals surface area contributed by atoms with Crippen LogP contribution in [0.25, 0.3) is 0 Å². The minimum Gasteiger partial charge on any atom is -0.497 e. The minimum absolute atomic E-state index is 0.154. The van der Waals surface area contributed by atoms with Crippen molar-refractivity contribution in [2.24, 2.45) is 5.92 Å². The highest BCUT2D eigenvalue weighted by molar-refractivity contribution is 5.91. The number of carbonyl (C=O) groups is 1. The van der Waals surface area contributed by atoms with Crippen LogP contribution in [0.15, 0.2) is 18.2 Å². The molecule has 0 radical (unpaired) electrons. The summed E-state index contributed by atoms with van der Waals surface area (Å²) in [5.41, 5.74) is 0.154. The summed E-state index contributed by atoms with van der Waals surface area (Å²) in [4.78, 5) is 10.9. The molecule has 0 unspecified atom stereocenters. The second kappa shape index (κ2) is 5.39. The van der Waals surface area contributed by atoms with Crippen LogP contribution in [0.1, 0.15) is 24.2 Å². The van der Waals surface area contributed by atoms with Gasteiger partial charge in [0.15, 0.2) is 0 Å². The summed E-state index contributed by atoms with van der Waals surface area (Å²) in [6.07, 6.45) is 0. The van der Waals surface area contributed by atoms with Crippen LogP contribution in [0.4, 0.5) is 0 Å². The molecule has 0 atom stereocenters. The SMILES string of the molecule is COc1ccc(C(=O)O)c(OCC(C)C)c1. The first-order valence-corrected chi connectivity index (χ1v) is 5.08. The zero-order valence-electron chi connectivity index (χ0n) is 9.69. The molecule has 1 aromatic carbocycles. The summed E-state index contributed by atoms with van der Waals surface area (Å²) >= 11 is 0. The van der Waals surface area contributed by atoms with Gasteiger partial charge < -0.3 is 14.6 Å². The maximum atomic E-state index is 10.9. The van der Waals surface area contributed by atoms with E-state index < -0.39 is 5.97 Å². The molecule has 1 N–H and O–H groups in total. The fraction of sp³-hybridized carbons (Fsp3) is 0.417. The molecule has 0 aliphatic carbocycles. The lowest BCUT2D eigenvalue weighted by atomic mass is 10.2. The molecular weight excluding hydrogens is 208 g/mol. The molecule has 1 rings (SSSR count). The predicted molar refractivity (Wildman–Crippen MR) is 60.3 cm³/mol. The van der Waals surface area contributed by atoms with Gasteiger partial charge >= 0.3 is 5.97 Å². The lowest BCUT2D eigenvalue weighted by molar-refractivity contribution is 0.0691. The van der Waals surface area contributed by atoms with Gasteiger partial charge in [0.25, 0.3) is 0 Å². The summed E-state index contributed by atoms with van der Waals surface area (Å²) in [7, 11) is 1.53. The Balaban J connectivity index is 2.96. The standard InChI is InChI=1S/C12H16O4/c1-8(2)7-16-11-6-9(15-3)4-5-10(11)12(13)14/h4-6,8H,7H2,1-3H3,(H,13,14). The van der Waals surface area contributed by atoms with E-state index in [0.717, 1.165) is 0 Å². The topological polar surface area (TPSA) is 55.8 Å². The van der Waals surface area contributed by atoms with Gasteiger partial charge in [0, 0.05) is 6.07 Å². The van der Waals surface area contributed by atoms with Crippen molar-refractivity contribution in [1.82, 2.24) is 0 Å². The lowest BCUT2D eigenvalue weighted by Gasteiger charge is -2.12. The Morgan fingerprint density at radius 3 is 2.62 bits per heavy atom. The first kappa shape index (κ1) is 12.4. The van der Waals surface area contributed by atoms with Crippen molar-refractivity contribution >= 4 is 5.97 Å². The lowest BCUT2D eigenvalue weighted by Crippen LogP contribution is -2.08. The second-order valence-electron chi connectivity index (χ2n) is 3.87. The molecule has 0 bridgehead atoms. The van der Waals surface area contributed by atoms with Gasteiger partial charge in [-0.25, -0.2) is 4.79 Å². The van der Waals surface area contributed by atoms with Crippen molar-refractivity contribution in [3.05, 3.63) is 23.8 Å². The Labute approximate surface area is 94.8 Å². The molecule has 4 heteroatoms. The van der Waals surface area contributed by atoms with E-state index in [2.05, 4.69) is 0 Å². The second-order valence-corrected chi connectivity index (χ2v) is 3.87. The first-order valence-electron chi connectivity index (χ1n) is 5.08. The number of aromatic carboxylic acids is 1. The summed E-state index contributed by atoms with van der Waals surface area (Å²) in [6.45, 7) is 4.48. The minimum atomic E-state index is -0.999. The van der Waals surface area contributed by atoms with Gasteiger partial charge in [-0.3, -0.25) is 0 Å². The van der Waals surface area contributed by atoms with Crippen LogP contribution in [0, 0.1) is 5.92 Å². The molecule has 0 fully saturated rings. The molecule has 0 spiro atoms. The van der Waals surface area contributed by atoms with E-state index in [1.807, 2.05) is 13.8 Å². The average Bonchev–Trinajstić information content (AvgIpc) is 2.25. The Kier molecular flexibility index (Phi) is 4.17. The Bertz CT molecular complexity index is 371. The monoisotopic (exact) mass is 224 g/mol. The molecule has 0 saturated heterocycles. The van der Waals surface area contributed by atoms with Gasteiger partial charge in [-0.2, -0.15) is 0 Å². The van der Waals surface area contributed by atoms with E-state index in [4.69, 9.17) is 14.6 Å². The number of methoxy groups -OCH3 is 1. The largest absolute Gasteiger partial charge is 0.497 e. The Hall–Kier alpha value is -1.71. The summed E-state index contributed by atoms with van der Waals surface area (Å²) in [5.74, 6) is 0.276. The maximum Gasteiger partial charge on any atom is 0.339 e. The zero-order chi connectivity index (χ0) is 12.1. The molecule has 0 heterocycles. The van der Waals surface area contributed by atoms with Gasteiger partial charge in [0.05, 0.1) is 13.7 Å². The van der Waals surface area contributed by atoms with Crippen LogP contribution < -0.4 is 9.47 Å². The molecule has 0 aromatic heterocycles. The zero-order valence-corrected chi connectivity index (χ0v) is 9.69. The van der Waals surface area contributed by atoms with Crippen molar-refractivity contribution in [2.75, 3.05) is 13.7 Å². The van der Waals surface area contributed by atoms with Crippen molar-refractivity contribution < 1.29 is 19.4 Å². The van der Waals surface area contributed by atoms with Gasteiger partial charge in [0.2, 0.25) is 0 Å². The number of rotatable bonds is 5. The third-order valence-electron chi connectivity index (χ3n) is 1.99. The summed E-state index contributed by atoms with van der Waals surface area (Å²) < 4.78 is 10.5. The molecule has 4 nitrogen and oxygen atoms in total. The Morgan fingerprint density at radius 2 is 2.12 bits per heavy atom. The van der Waals surface area contributed by atoms with Crippen LogP contribution >= 0.6 is 0 Å². The third kappa shape index (κ3) is 3.15. The highest BCUT2D eigenvalue weighted by Crippen LogP contribution is 2.25. The number of ether oxygens (including phenoxy) is 2. The smallest absolute Gasteiger partial charge is 0.339 e. The highest BCUT2D eigenvalue weighted by Gasteiger charge is 2.12. The quantitative estimate of drug-likeness (QED) is 0.834. The molecule has 88 valence electrons. The summed E-state index contributed by atoms with van der Waals surface area (Å²) in [5, 5.41) is 8.97. The van der Waals surface area contributed by atoms with Crippen molar-refractivity contribution in [1.29, 1.82) is 0 Å². The maximum absolute atomic E-state index is 10.9. The van der Waals surface area contributed by atoms with Crippen molar-refractivity contribution in [3.63, 3.8) is 0 Å². The first-order chi connectivity index (χ1) is 7.54. The number of carboxylic acids is 1. The normalized spacial score (nSPS) is 10.2. The molecule has 16 heavy (non-hydrogen) atoms. The predicted octanol–water partition coefficient (Wildman–Crippen LogP) is 2.43. The number of hydrogen-bond donors (Lipinski definition) is 1. The van der Waals surface area contributed by atoms with Crippen molar-refractivity contribution in [3.8, 4) is 11.5 Å². The van der Waals surface area contributed by atoms with Crippen LogP contribution in [0.3, 0.4) is 0 Å². The van der Waals surface area contributed by atoms with E-state index in [1.165, 1.54) is 13.2 Å². The highest BCUT2D eigenvalue weighted by atomic mass is 16.5. The fourth-order valence-electron chi connectivity index (χ4n) is 1.18. The number of benzene rings is 1. The molecule has 0 saturated carbocycles. The van der Waals surface area contributed by atoms with E-state index in [9.17, 15) is 4.79 Å². The van der Waals surface area contributed by atoms with Gasteiger partial charge in [-0.15, -0.1) is 0 Å². The summed E-state index contributed by atoms with van der Waals surface area (Å²) in [6, 6.07) is 4.67. The van der Waals surface area contributed by atoms with Crippen LogP contribution in [-0.2, 0) is 0 Å². The Morgan fingerprint density at radius 1 is 1.44 bits per heavy atom. The molecular formula is C12H16O4.